The van der Waals surface area contributed by atoms with Crippen LogP contribution in [0.5, 0.6) is 5.75 Å². The monoisotopic (exact) mass is 327 g/mol. The Morgan fingerprint density at radius 2 is 1.88 bits per heavy atom. The summed E-state index contributed by atoms with van der Waals surface area (Å²) in [6, 6.07) is 13.9. The normalized spacial score (nSPS) is 15.4. The van der Waals surface area contributed by atoms with Gasteiger partial charge in [0.2, 0.25) is 5.91 Å². The largest absolute Gasteiger partial charge is 0.491 e. The highest BCUT2D eigenvalue weighted by Crippen LogP contribution is 2.45. The summed E-state index contributed by atoms with van der Waals surface area (Å²) in [7, 11) is 0. The van der Waals surface area contributed by atoms with Gasteiger partial charge in [-0.1, -0.05) is 43.7 Å². The summed E-state index contributed by atoms with van der Waals surface area (Å²) in [5, 5.41) is 2.96. The fourth-order valence-electron chi connectivity index (χ4n) is 3.15. The SMILES string of the molecule is CCCOc1ccccc1NC(=O)C1(c2ccccc2F)CCC1. The number of hydrogen-bond donors (Lipinski definition) is 1. The van der Waals surface area contributed by atoms with Crippen LogP contribution in [0.2, 0.25) is 0 Å². The number of hydrogen-bond acceptors (Lipinski definition) is 2. The van der Waals surface area contributed by atoms with Crippen LogP contribution in [0.25, 0.3) is 0 Å². The van der Waals surface area contributed by atoms with E-state index in [0.717, 1.165) is 12.8 Å². The van der Waals surface area contributed by atoms with Crippen molar-refractivity contribution < 1.29 is 13.9 Å². The van der Waals surface area contributed by atoms with Crippen LogP contribution in [0.15, 0.2) is 48.5 Å². The zero-order valence-electron chi connectivity index (χ0n) is 13.8. The smallest absolute Gasteiger partial charge is 0.235 e. The zero-order chi connectivity index (χ0) is 17.0. The molecule has 1 saturated carbocycles. The highest BCUT2D eigenvalue weighted by molar-refractivity contribution is 6.00. The first-order valence-electron chi connectivity index (χ1n) is 8.45. The summed E-state index contributed by atoms with van der Waals surface area (Å²) in [6.07, 6.45) is 3.15. The highest BCUT2D eigenvalue weighted by atomic mass is 19.1. The predicted octanol–water partition coefficient (Wildman–Crippen LogP) is 4.67. The number of halogens is 1. The third-order valence-corrected chi connectivity index (χ3v) is 4.63. The number of nitrogens with one attached hydrogen (secondary N) is 1. The number of anilines is 1. The number of para-hydroxylation sites is 2. The first-order valence-corrected chi connectivity index (χ1v) is 8.45. The number of carbonyl (C=O) groups excluding carboxylic acids is 1. The Hall–Kier alpha value is -2.36. The lowest BCUT2D eigenvalue weighted by Crippen LogP contribution is -2.46. The Balaban J connectivity index is 1.85. The maximum absolute atomic E-state index is 14.2. The number of rotatable bonds is 6. The van der Waals surface area contributed by atoms with Crippen molar-refractivity contribution in [2.75, 3.05) is 11.9 Å². The molecule has 24 heavy (non-hydrogen) atoms. The lowest BCUT2D eigenvalue weighted by atomic mass is 9.63. The molecule has 126 valence electrons. The van der Waals surface area contributed by atoms with Crippen LogP contribution in [-0.2, 0) is 10.2 Å². The Morgan fingerprint density at radius 1 is 1.17 bits per heavy atom. The molecule has 1 aliphatic carbocycles. The number of carbonyl (C=O) groups is 1. The van der Waals surface area contributed by atoms with Gasteiger partial charge in [-0.2, -0.15) is 0 Å². The molecule has 1 aliphatic rings. The second-order valence-corrected chi connectivity index (χ2v) is 6.21. The summed E-state index contributed by atoms with van der Waals surface area (Å²) in [6.45, 7) is 2.62. The maximum atomic E-state index is 14.2. The minimum Gasteiger partial charge on any atom is -0.491 e. The summed E-state index contributed by atoms with van der Waals surface area (Å²) in [5.74, 6) is 0.171. The average molecular weight is 327 g/mol. The van der Waals surface area contributed by atoms with Gasteiger partial charge in [0.1, 0.15) is 11.6 Å². The molecular formula is C20H22FNO2. The number of benzene rings is 2. The minimum absolute atomic E-state index is 0.161. The fraction of sp³-hybridized carbons (Fsp3) is 0.350. The number of amides is 1. The molecule has 1 amide bonds. The molecule has 1 fully saturated rings. The van der Waals surface area contributed by atoms with Crippen LogP contribution in [0.4, 0.5) is 10.1 Å². The van der Waals surface area contributed by atoms with Crippen LogP contribution in [0.3, 0.4) is 0 Å². The summed E-state index contributed by atoms with van der Waals surface area (Å²) in [4.78, 5) is 13.0. The Morgan fingerprint density at radius 3 is 2.54 bits per heavy atom. The molecular weight excluding hydrogens is 305 g/mol. The van der Waals surface area contributed by atoms with Gasteiger partial charge in [0.25, 0.3) is 0 Å². The molecule has 2 aromatic rings. The third kappa shape index (κ3) is 3.01. The van der Waals surface area contributed by atoms with Crippen LogP contribution in [0, 0.1) is 5.82 Å². The lowest BCUT2D eigenvalue weighted by molar-refractivity contribution is -0.124. The van der Waals surface area contributed by atoms with Crippen molar-refractivity contribution in [1.29, 1.82) is 0 Å². The molecule has 4 heteroatoms. The molecule has 2 aromatic carbocycles. The molecule has 0 aliphatic heterocycles. The van der Waals surface area contributed by atoms with Gasteiger partial charge in [-0.25, -0.2) is 4.39 Å². The molecule has 3 nitrogen and oxygen atoms in total. The summed E-state index contributed by atoms with van der Waals surface area (Å²) in [5.41, 5.74) is 0.350. The second kappa shape index (κ2) is 7.04. The van der Waals surface area contributed by atoms with Crippen molar-refractivity contribution in [2.24, 2.45) is 0 Å². The minimum atomic E-state index is -0.775. The van der Waals surface area contributed by atoms with E-state index in [1.165, 1.54) is 6.07 Å². The lowest BCUT2D eigenvalue weighted by Gasteiger charge is -2.40. The van der Waals surface area contributed by atoms with Gasteiger partial charge in [-0.05, 0) is 37.5 Å². The van der Waals surface area contributed by atoms with Crippen LogP contribution in [0.1, 0.15) is 38.2 Å². The Bertz CT molecular complexity index is 725. The Labute approximate surface area is 141 Å². The third-order valence-electron chi connectivity index (χ3n) is 4.63. The zero-order valence-corrected chi connectivity index (χ0v) is 13.8. The molecule has 0 saturated heterocycles. The Kier molecular flexibility index (Phi) is 4.84. The van der Waals surface area contributed by atoms with Crippen molar-refractivity contribution in [1.82, 2.24) is 0 Å². The van der Waals surface area contributed by atoms with Gasteiger partial charge in [-0.15, -0.1) is 0 Å². The van der Waals surface area contributed by atoms with Gasteiger partial charge >= 0.3 is 0 Å². The fourth-order valence-corrected chi connectivity index (χ4v) is 3.15. The first kappa shape index (κ1) is 16.5. The van der Waals surface area contributed by atoms with Gasteiger partial charge < -0.3 is 10.1 Å². The molecule has 0 atom stereocenters. The standard InChI is InChI=1S/C20H22FNO2/c1-2-14-24-18-11-6-5-10-17(18)22-19(23)20(12-7-13-20)15-8-3-4-9-16(15)21/h3-6,8-11H,2,7,12-14H2,1H3,(H,22,23). The van der Waals surface area contributed by atoms with Crippen LogP contribution in [-0.4, -0.2) is 12.5 Å². The van der Waals surface area contributed by atoms with E-state index in [1.807, 2.05) is 31.2 Å². The molecule has 0 bridgehead atoms. The maximum Gasteiger partial charge on any atom is 0.235 e. The van der Waals surface area contributed by atoms with Gasteiger partial charge in [-0.3, -0.25) is 4.79 Å². The molecule has 0 spiro atoms. The first-order chi connectivity index (χ1) is 11.7. The van der Waals surface area contributed by atoms with Crippen molar-refractivity contribution >= 4 is 11.6 Å². The van der Waals surface area contributed by atoms with Crippen molar-refractivity contribution in [2.45, 2.75) is 38.0 Å². The van der Waals surface area contributed by atoms with Crippen LogP contribution >= 0.6 is 0 Å². The van der Waals surface area contributed by atoms with E-state index >= 15 is 0 Å². The average Bonchev–Trinajstić information content (AvgIpc) is 2.55. The number of ether oxygens (including phenoxy) is 1. The summed E-state index contributed by atoms with van der Waals surface area (Å²) >= 11 is 0. The van der Waals surface area contributed by atoms with E-state index in [0.29, 0.717) is 36.4 Å². The predicted molar refractivity (Wildman–Crippen MR) is 92.8 cm³/mol. The van der Waals surface area contributed by atoms with Gasteiger partial charge in [0, 0.05) is 5.56 Å². The van der Waals surface area contributed by atoms with E-state index in [4.69, 9.17) is 4.74 Å². The molecule has 0 radical (unpaired) electrons. The molecule has 1 N–H and O–H groups in total. The molecule has 0 aromatic heterocycles. The molecule has 3 rings (SSSR count). The van der Waals surface area contributed by atoms with Crippen molar-refractivity contribution in [3.8, 4) is 5.75 Å². The van der Waals surface area contributed by atoms with E-state index in [-0.39, 0.29) is 11.7 Å². The van der Waals surface area contributed by atoms with Gasteiger partial charge in [0.15, 0.2) is 0 Å². The van der Waals surface area contributed by atoms with E-state index in [1.54, 1.807) is 18.2 Å². The van der Waals surface area contributed by atoms with Crippen molar-refractivity contribution in [3.63, 3.8) is 0 Å². The van der Waals surface area contributed by atoms with Crippen LogP contribution < -0.4 is 10.1 Å². The molecule has 0 unspecified atom stereocenters. The van der Waals surface area contributed by atoms with E-state index in [9.17, 15) is 9.18 Å². The quantitative estimate of drug-likeness (QED) is 0.837. The van der Waals surface area contributed by atoms with E-state index in [2.05, 4.69) is 5.32 Å². The van der Waals surface area contributed by atoms with E-state index < -0.39 is 5.41 Å². The van der Waals surface area contributed by atoms with Crippen molar-refractivity contribution in [3.05, 3.63) is 59.9 Å². The molecule has 0 heterocycles. The topological polar surface area (TPSA) is 38.3 Å². The van der Waals surface area contributed by atoms with Gasteiger partial charge in [0.05, 0.1) is 17.7 Å². The second-order valence-electron chi connectivity index (χ2n) is 6.21. The summed E-state index contributed by atoms with van der Waals surface area (Å²) < 4.78 is 19.9. The highest BCUT2D eigenvalue weighted by Gasteiger charge is 2.47.